The van der Waals surface area contributed by atoms with Crippen LogP contribution < -0.4 is 5.32 Å². The Morgan fingerprint density at radius 3 is 3.15 bits per heavy atom. The first-order valence-electron chi connectivity index (χ1n) is 4.78. The summed E-state index contributed by atoms with van der Waals surface area (Å²) in [5.41, 5.74) is 4.18. The van der Waals surface area contributed by atoms with Crippen LogP contribution in [0.2, 0.25) is 0 Å². The first-order chi connectivity index (χ1) is 6.31. The second-order valence-electron chi connectivity index (χ2n) is 3.68. The molecule has 1 aromatic carbocycles. The van der Waals surface area contributed by atoms with Crippen LogP contribution >= 0.6 is 0 Å². The van der Waals surface area contributed by atoms with Crippen molar-refractivity contribution in [3.63, 3.8) is 0 Å². The Morgan fingerprint density at radius 2 is 2.38 bits per heavy atom. The second-order valence-corrected chi connectivity index (χ2v) is 3.68. The van der Waals surface area contributed by atoms with Crippen molar-refractivity contribution in [2.45, 2.75) is 25.9 Å². The van der Waals surface area contributed by atoms with E-state index in [1.54, 1.807) is 0 Å². The molecule has 1 N–H and O–H groups in total. The largest absolute Gasteiger partial charge is 0.310 e. The summed E-state index contributed by atoms with van der Waals surface area (Å²) in [5, 5.41) is 3.47. The molecule has 1 aliphatic rings. The molecule has 0 saturated carbocycles. The van der Waals surface area contributed by atoms with Crippen LogP contribution in [0.3, 0.4) is 0 Å². The van der Waals surface area contributed by atoms with Gasteiger partial charge in [-0.3, -0.25) is 0 Å². The fourth-order valence-electron chi connectivity index (χ4n) is 1.93. The summed E-state index contributed by atoms with van der Waals surface area (Å²) in [6.07, 6.45) is 3.08. The van der Waals surface area contributed by atoms with Crippen LogP contribution in [0.25, 0.3) is 6.08 Å². The molecule has 1 heteroatoms. The van der Waals surface area contributed by atoms with Gasteiger partial charge < -0.3 is 5.32 Å². The number of rotatable bonds is 1. The second kappa shape index (κ2) is 3.35. The smallest absolute Gasteiger partial charge is 0.0216 e. The van der Waals surface area contributed by atoms with Gasteiger partial charge in [-0.05, 0) is 30.0 Å². The summed E-state index contributed by atoms with van der Waals surface area (Å²) in [6.45, 7) is 7.04. The lowest BCUT2D eigenvalue weighted by molar-refractivity contribution is 0.513. The van der Waals surface area contributed by atoms with Crippen molar-refractivity contribution in [1.82, 2.24) is 5.32 Å². The number of fused-ring (bicyclic) bond motifs is 1. The highest BCUT2D eigenvalue weighted by atomic mass is 14.9. The fraction of sp³-hybridized carbons (Fsp3) is 0.333. The van der Waals surface area contributed by atoms with Gasteiger partial charge in [-0.1, -0.05) is 30.9 Å². The standard InChI is InChI=1S/C12H15N/c1-3-10-5-4-6-11-7-9(2)13-8-12(10)11/h3-6,9,13H,1,7-8H2,2H3/t9-/m0/s1. The van der Waals surface area contributed by atoms with Crippen LogP contribution in [-0.2, 0) is 13.0 Å². The highest BCUT2D eigenvalue weighted by molar-refractivity contribution is 5.55. The average Bonchev–Trinajstić information content (AvgIpc) is 2.16. The molecule has 1 aromatic rings. The zero-order valence-corrected chi connectivity index (χ0v) is 8.01. The molecule has 0 aliphatic carbocycles. The minimum atomic E-state index is 0.604. The van der Waals surface area contributed by atoms with E-state index in [-0.39, 0.29) is 0 Å². The van der Waals surface area contributed by atoms with E-state index >= 15 is 0 Å². The van der Waals surface area contributed by atoms with E-state index in [0.29, 0.717) is 6.04 Å². The van der Waals surface area contributed by atoms with Crippen LogP contribution in [-0.4, -0.2) is 6.04 Å². The topological polar surface area (TPSA) is 12.0 Å². The Labute approximate surface area is 79.5 Å². The predicted molar refractivity (Wildman–Crippen MR) is 56.5 cm³/mol. The molecule has 1 aliphatic heterocycles. The van der Waals surface area contributed by atoms with E-state index in [4.69, 9.17) is 0 Å². The molecular formula is C12H15N. The van der Waals surface area contributed by atoms with Crippen LogP contribution in [0, 0.1) is 0 Å². The van der Waals surface area contributed by atoms with E-state index in [9.17, 15) is 0 Å². The third kappa shape index (κ3) is 1.52. The molecule has 0 saturated heterocycles. The molecule has 0 spiro atoms. The van der Waals surface area contributed by atoms with E-state index < -0.39 is 0 Å². The van der Waals surface area contributed by atoms with E-state index in [1.807, 2.05) is 6.08 Å². The molecule has 0 radical (unpaired) electrons. The SMILES string of the molecule is C=Cc1cccc2c1CN[C@@H](C)C2. The lowest BCUT2D eigenvalue weighted by Crippen LogP contribution is -2.33. The van der Waals surface area contributed by atoms with Crippen molar-refractivity contribution in [3.05, 3.63) is 41.5 Å². The van der Waals surface area contributed by atoms with Gasteiger partial charge in [0, 0.05) is 12.6 Å². The number of nitrogens with one attached hydrogen (secondary N) is 1. The Kier molecular flexibility index (Phi) is 2.19. The fourth-order valence-corrected chi connectivity index (χ4v) is 1.93. The maximum Gasteiger partial charge on any atom is 0.0216 e. The number of hydrogen-bond donors (Lipinski definition) is 1. The average molecular weight is 173 g/mol. The van der Waals surface area contributed by atoms with Gasteiger partial charge in [-0.25, -0.2) is 0 Å². The van der Waals surface area contributed by atoms with Gasteiger partial charge in [0.15, 0.2) is 0 Å². The molecule has 1 nitrogen and oxygen atoms in total. The highest BCUT2D eigenvalue weighted by Gasteiger charge is 2.15. The molecule has 0 bridgehead atoms. The van der Waals surface area contributed by atoms with Gasteiger partial charge in [-0.2, -0.15) is 0 Å². The van der Waals surface area contributed by atoms with Gasteiger partial charge in [0.05, 0.1) is 0 Å². The van der Waals surface area contributed by atoms with Crippen LogP contribution in [0.1, 0.15) is 23.6 Å². The highest BCUT2D eigenvalue weighted by Crippen LogP contribution is 2.21. The third-order valence-electron chi connectivity index (χ3n) is 2.68. The van der Waals surface area contributed by atoms with Gasteiger partial charge in [0.2, 0.25) is 0 Å². The Morgan fingerprint density at radius 1 is 1.54 bits per heavy atom. The minimum Gasteiger partial charge on any atom is -0.310 e. The molecule has 68 valence electrons. The Bertz CT molecular complexity index is 328. The molecule has 0 unspecified atom stereocenters. The van der Waals surface area contributed by atoms with Crippen molar-refractivity contribution in [2.75, 3.05) is 0 Å². The summed E-state index contributed by atoms with van der Waals surface area (Å²) in [4.78, 5) is 0. The third-order valence-corrected chi connectivity index (χ3v) is 2.68. The number of hydrogen-bond acceptors (Lipinski definition) is 1. The van der Waals surface area contributed by atoms with Gasteiger partial charge >= 0.3 is 0 Å². The summed E-state index contributed by atoms with van der Waals surface area (Å²) >= 11 is 0. The monoisotopic (exact) mass is 173 g/mol. The molecule has 1 atom stereocenters. The van der Waals surface area contributed by atoms with Crippen LogP contribution in [0.15, 0.2) is 24.8 Å². The van der Waals surface area contributed by atoms with Crippen molar-refractivity contribution in [2.24, 2.45) is 0 Å². The summed E-state index contributed by atoms with van der Waals surface area (Å²) in [6, 6.07) is 7.07. The summed E-state index contributed by atoms with van der Waals surface area (Å²) in [5.74, 6) is 0. The summed E-state index contributed by atoms with van der Waals surface area (Å²) in [7, 11) is 0. The first kappa shape index (κ1) is 8.52. The molecule has 2 rings (SSSR count). The van der Waals surface area contributed by atoms with Gasteiger partial charge in [0.25, 0.3) is 0 Å². The zero-order chi connectivity index (χ0) is 9.26. The Hall–Kier alpha value is -1.08. The van der Waals surface area contributed by atoms with E-state index in [2.05, 4.69) is 37.0 Å². The maximum absolute atomic E-state index is 3.83. The molecule has 0 fully saturated rings. The normalized spacial score (nSPS) is 20.8. The molecule has 1 heterocycles. The molecule has 0 amide bonds. The first-order valence-corrected chi connectivity index (χ1v) is 4.78. The van der Waals surface area contributed by atoms with Crippen molar-refractivity contribution in [1.29, 1.82) is 0 Å². The summed E-state index contributed by atoms with van der Waals surface area (Å²) < 4.78 is 0. The van der Waals surface area contributed by atoms with Gasteiger partial charge in [-0.15, -0.1) is 0 Å². The predicted octanol–water partition coefficient (Wildman–Crippen LogP) is 2.36. The maximum atomic E-state index is 3.83. The van der Waals surface area contributed by atoms with Crippen LogP contribution in [0.5, 0.6) is 0 Å². The lowest BCUT2D eigenvalue weighted by Gasteiger charge is -2.24. The van der Waals surface area contributed by atoms with Crippen molar-refractivity contribution in [3.8, 4) is 0 Å². The van der Waals surface area contributed by atoms with E-state index in [1.165, 1.54) is 16.7 Å². The number of benzene rings is 1. The molecule has 0 aromatic heterocycles. The Balaban J connectivity index is 2.45. The molecular weight excluding hydrogens is 158 g/mol. The van der Waals surface area contributed by atoms with Crippen molar-refractivity contribution < 1.29 is 0 Å². The van der Waals surface area contributed by atoms with E-state index in [0.717, 1.165) is 13.0 Å². The molecule has 13 heavy (non-hydrogen) atoms. The van der Waals surface area contributed by atoms with Crippen molar-refractivity contribution >= 4 is 6.08 Å². The van der Waals surface area contributed by atoms with Crippen LogP contribution in [0.4, 0.5) is 0 Å². The lowest BCUT2D eigenvalue weighted by atomic mass is 9.93. The van der Waals surface area contributed by atoms with Gasteiger partial charge in [0.1, 0.15) is 0 Å². The quantitative estimate of drug-likeness (QED) is 0.687. The minimum absolute atomic E-state index is 0.604. The zero-order valence-electron chi connectivity index (χ0n) is 8.01.